The van der Waals surface area contributed by atoms with Crippen molar-refractivity contribution in [2.24, 2.45) is 5.16 Å². The van der Waals surface area contributed by atoms with E-state index in [1.165, 1.54) is 0 Å². The molecule has 72 valence electrons. The number of ketones is 1. The number of benzene rings is 1. The maximum Gasteiger partial charge on any atom is 0.212 e. The van der Waals surface area contributed by atoms with Gasteiger partial charge in [-0.1, -0.05) is 22.8 Å². The molecule has 0 radical (unpaired) electrons. The summed E-state index contributed by atoms with van der Waals surface area (Å²) in [7, 11) is 0. The zero-order valence-corrected chi connectivity index (χ0v) is 8.30. The Hall–Kier alpha value is -1.35. The van der Waals surface area contributed by atoms with Gasteiger partial charge in [0.25, 0.3) is 0 Å². The van der Waals surface area contributed by atoms with Gasteiger partial charge in [-0.05, 0) is 24.1 Å². The Labute approximate surface area is 86.0 Å². The summed E-state index contributed by atoms with van der Waals surface area (Å²) in [5.41, 5.74) is 2.52. The van der Waals surface area contributed by atoms with E-state index in [-0.39, 0.29) is 11.5 Å². The van der Waals surface area contributed by atoms with Gasteiger partial charge in [0.05, 0.1) is 5.02 Å². The van der Waals surface area contributed by atoms with E-state index in [2.05, 4.69) is 5.16 Å². The Kier molecular flexibility index (Phi) is 2.04. The molecule has 0 saturated carbocycles. The van der Waals surface area contributed by atoms with Crippen molar-refractivity contribution in [1.29, 1.82) is 0 Å². The molecule has 0 saturated heterocycles. The van der Waals surface area contributed by atoms with E-state index in [1.807, 2.05) is 13.0 Å². The smallest absolute Gasteiger partial charge is 0.212 e. The van der Waals surface area contributed by atoms with Crippen molar-refractivity contribution in [3.8, 4) is 0 Å². The van der Waals surface area contributed by atoms with E-state index in [0.29, 0.717) is 17.0 Å². The monoisotopic (exact) mass is 209 g/mol. The molecule has 1 aromatic rings. The van der Waals surface area contributed by atoms with Crippen molar-refractivity contribution in [1.82, 2.24) is 0 Å². The van der Waals surface area contributed by atoms with Crippen LogP contribution < -0.4 is 0 Å². The zero-order chi connectivity index (χ0) is 10.3. The summed E-state index contributed by atoms with van der Waals surface area (Å²) in [4.78, 5) is 11.6. The Bertz CT molecular complexity index is 452. The predicted molar refractivity (Wildman–Crippen MR) is 53.4 cm³/mol. The number of nitrogens with zero attached hydrogens (tertiary/aromatic N) is 1. The summed E-state index contributed by atoms with van der Waals surface area (Å²) in [6.07, 6.45) is 0.372. The maximum atomic E-state index is 11.6. The van der Waals surface area contributed by atoms with Gasteiger partial charge in [0.1, 0.15) is 5.71 Å². The molecule has 0 unspecified atom stereocenters. The van der Waals surface area contributed by atoms with Crippen LogP contribution >= 0.6 is 11.6 Å². The van der Waals surface area contributed by atoms with Crippen LogP contribution in [0.3, 0.4) is 0 Å². The van der Waals surface area contributed by atoms with Gasteiger partial charge in [-0.3, -0.25) is 4.79 Å². The molecular formula is C10H8ClNO2. The lowest BCUT2D eigenvalue weighted by Crippen LogP contribution is -2.07. The molecule has 0 amide bonds. The molecule has 1 aliphatic carbocycles. The largest absolute Gasteiger partial charge is 0.411 e. The lowest BCUT2D eigenvalue weighted by molar-refractivity contribution is 0.106. The molecule has 0 atom stereocenters. The molecule has 3 nitrogen and oxygen atoms in total. The van der Waals surface area contributed by atoms with Crippen LogP contribution in [0, 0.1) is 6.92 Å². The van der Waals surface area contributed by atoms with Crippen LogP contribution in [-0.4, -0.2) is 16.7 Å². The first kappa shape index (κ1) is 9.21. The first-order valence-electron chi connectivity index (χ1n) is 4.18. The second-order valence-electron chi connectivity index (χ2n) is 3.27. The van der Waals surface area contributed by atoms with Crippen LogP contribution in [0.5, 0.6) is 0 Å². The minimum Gasteiger partial charge on any atom is -0.411 e. The number of hydrogen-bond acceptors (Lipinski definition) is 3. The molecular weight excluding hydrogens is 202 g/mol. The SMILES string of the molecule is Cc1ccc(Cl)c2c1CC(=NO)C2=O. The molecule has 1 aliphatic rings. The van der Waals surface area contributed by atoms with Gasteiger partial charge < -0.3 is 5.21 Å². The lowest BCUT2D eigenvalue weighted by atomic mass is 10.0. The normalized spacial score (nSPS) is 17.6. The maximum absolute atomic E-state index is 11.6. The number of carbonyl (C=O) groups excluding carboxylic acids is 1. The van der Waals surface area contributed by atoms with Crippen LogP contribution in [0.15, 0.2) is 17.3 Å². The first-order chi connectivity index (χ1) is 6.65. The minimum absolute atomic E-state index is 0.163. The first-order valence-corrected chi connectivity index (χ1v) is 4.56. The van der Waals surface area contributed by atoms with E-state index in [1.54, 1.807) is 6.07 Å². The van der Waals surface area contributed by atoms with Crippen molar-refractivity contribution >= 4 is 23.1 Å². The van der Waals surface area contributed by atoms with Crippen LogP contribution in [-0.2, 0) is 6.42 Å². The summed E-state index contributed by atoms with van der Waals surface area (Å²) in [6, 6.07) is 3.54. The van der Waals surface area contributed by atoms with Gasteiger partial charge in [0, 0.05) is 12.0 Å². The third-order valence-corrected chi connectivity index (χ3v) is 2.77. The van der Waals surface area contributed by atoms with Gasteiger partial charge in [0.2, 0.25) is 5.78 Å². The topological polar surface area (TPSA) is 49.7 Å². The summed E-state index contributed by atoms with van der Waals surface area (Å²) in [5.74, 6) is -0.267. The average Bonchev–Trinajstić information content (AvgIpc) is 2.51. The molecule has 2 rings (SSSR count). The van der Waals surface area contributed by atoms with Gasteiger partial charge in [0.15, 0.2) is 0 Å². The van der Waals surface area contributed by atoms with E-state index < -0.39 is 0 Å². The molecule has 0 aromatic heterocycles. The van der Waals surface area contributed by atoms with Crippen LogP contribution in [0.2, 0.25) is 5.02 Å². The van der Waals surface area contributed by atoms with Crippen LogP contribution in [0.1, 0.15) is 21.5 Å². The Morgan fingerprint density at radius 1 is 1.50 bits per heavy atom. The summed E-state index contributed by atoms with van der Waals surface area (Å²) in [6.45, 7) is 1.91. The van der Waals surface area contributed by atoms with E-state index in [0.717, 1.165) is 11.1 Å². The highest BCUT2D eigenvalue weighted by atomic mass is 35.5. The van der Waals surface area contributed by atoms with Gasteiger partial charge in [-0.2, -0.15) is 0 Å². The second kappa shape index (κ2) is 3.10. The number of Topliss-reactive ketones (excluding diaryl/α,β-unsaturated/α-hetero) is 1. The van der Waals surface area contributed by atoms with Crippen molar-refractivity contribution in [3.63, 3.8) is 0 Å². The Morgan fingerprint density at radius 2 is 2.21 bits per heavy atom. The highest BCUT2D eigenvalue weighted by molar-refractivity contribution is 6.52. The number of halogens is 1. The van der Waals surface area contributed by atoms with Crippen molar-refractivity contribution in [2.45, 2.75) is 13.3 Å². The van der Waals surface area contributed by atoms with Gasteiger partial charge >= 0.3 is 0 Å². The van der Waals surface area contributed by atoms with Crippen LogP contribution in [0.4, 0.5) is 0 Å². The van der Waals surface area contributed by atoms with E-state index in [9.17, 15) is 4.79 Å². The average molecular weight is 210 g/mol. The fraction of sp³-hybridized carbons (Fsp3) is 0.200. The van der Waals surface area contributed by atoms with Crippen molar-refractivity contribution in [3.05, 3.63) is 33.8 Å². The molecule has 1 N–H and O–H groups in total. The van der Waals surface area contributed by atoms with E-state index >= 15 is 0 Å². The molecule has 4 heteroatoms. The highest BCUT2D eigenvalue weighted by Gasteiger charge is 2.30. The van der Waals surface area contributed by atoms with Crippen molar-refractivity contribution in [2.75, 3.05) is 0 Å². The fourth-order valence-corrected chi connectivity index (χ4v) is 1.93. The molecule has 0 aliphatic heterocycles. The molecule has 0 spiro atoms. The Balaban J connectivity index is 2.70. The number of aryl methyl sites for hydroxylation is 1. The van der Waals surface area contributed by atoms with E-state index in [4.69, 9.17) is 16.8 Å². The molecule has 0 bridgehead atoms. The summed E-state index contributed by atoms with van der Waals surface area (Å²) in [5, 5.41) is 12.0. The number of fused-ring (bicyclic) bond motifs is 1. The third kappa shape index (κ3) is 1.13. The Morgan fingerprint density at radius 3 is 2.79 bits per heavy atom. The third-order valence-electron chi connectivity index (χ3n) is 2.45. The standard InChI is InChI=1S/C10H8ClNO2/c1-5-2-3-7(11)9-6(5)4-8(12-14)10(9)13/h2-3,14H,4H2,1H3. The lowest BCUT2D eigenvalue weighted by Gasteiger charge is -2.02. The molecule has 1 aromatic carbocycles. The summed E-state index contributed by atoms with van der Waals surface area (Å²) >= 11 is 5.90. The number of rotatable bonds is 0. The van der Waals surface area contributed by atoms with Gasteiger partial charge in [-0.15, -0.1) is 0 Å². The highest BCUT2D eigenvalue weighted by Crippen LogP contribution is 2.29. The molecule has 14 heavy (non-hydrogen) atoms. The van der Waals surface area contributed by atoms with Gasteiger partial charge in [-0.25, -0.2) is 0 Å². The number of carbonyl (C=O) groups is 1. The quantitative estimate of drug-likeness (QED) is 0.526. The predicted octanol–water partition coefficient (Wildman–Crippen LogP) is 2.22. The van der Waals surface area contributed by atoms with Crippen molar-refractivity contribution < 1.29 is 10.0 Å². The fourth-order valence-electron chi connectivity index (χ4n) is 1.67. The zero-order valence-electron chi connectivity index (χ0n) is 7.54. The minimum atomic E-state index is -0.267. The van der Waals surface area contributed by atoms with Crippen LogP contribution in [0.25, 0.3) is 0 Å². The molecule has 0 fully saturated rings. The molecule has 0 heterocycles. The second-order valence-corrected chi connectivity index (χ2v) is 3.68. The summed E-state index contributed by atoms with van der Waals surface area (Å²) < 4.78 is 0. The number of hydrogen-bond donors (Lipinski definition) is 1. The number of oxime groups is 1.